The van der Waals surface area contributed by atoms with Gasteiger partial charge in [-0.05, 0) is 31.2 Å². The van der Waals surface area contributed by atoms with Crippen LogP contribution in [0.3, 0.4) is 0 Å². The minimum atomic E-state index is -4.32. The van der Waals surface area contributed by atoms with Crippen molar-refractivity contribution in [2.75, 3.05) is 19.7 Å². The average Bonchev–Trinajstić information content (AvgIpc) is 2.33. The molecule has 1 aromatic rings. The first-order valence-corrected chi connectivity index (χ1v) is 6.05. The largest absolute Gasteiger partial charge is 0.492 e. The molecule has 0 aliphatic rings. The van der Waals surface area contributed by atoms with Gasteiger partial charge in [0.25, 0.3) is 0 Å². The zero-order valence-electron chi connectivity index (χ0n) is 10.4. The minimum absolute atomic E-state index is 0.252. The molecule has 0 fully saturated rings. The van der Waals surface area contributed by atoms with Crippen molar-refractivity contribution in [3.63, 3.8) is 0 Å². The lowest BCUT2D eigenvalue weighted by atomic mass is 10.2. The molecule has 5 heteroatoms. The quantitative estimate of drug-likeness (QED) is 0.759. The second kappa shape index (κ2) is 7.26. The fraction of sp³-hybridized carbons (Fsp3) is 0.538. The van der Waals surface area contributed by atoms with Crippen LogP contribution in [0.25, 0.3) is 0 Å². The topological polar surface area (TPSA) is 21.3 Å². The van der Waals surface area contributed by atoms with Gasteiger partial charge in [-0.3, -0.25) is 0 Å². The van der Waals surface area contributed by atoms with E-state index in [1.165, 1.54) is 12.1 Å². The van der Waals surface area contributed by atoms with Gasteiger partial charge < -0.3 is 10.1 Å². The van der Waals surface area contributed by atoms with Gasteiger partial charge in [0.1, 0.15) is 12.4 Å². The van der Waals surface area contributed by atoms with Crippen LogP contribution in [0.5, 0.6) is 5.75 Å². The molecule has 0 spiro atoms. The molecule has 0 amide bonds. The van der Waals surface area contributed by atoms with Crippen LogP contribution in [-0.4, -0.2) is 19.7 Å². The van der Waals surface area contributed by atoms with Crippen LogP contribution in [0.4, 0.5) is 13.2 Å². The zero-order chi connectivity index (χ0) is 13.4. The molecular weight excluding hydrogens is 243 g/mol. The minimum Gasteiger partial charge on any atom is -0.492 e. The molecule has 1 N–H and O–H groups in total. The molecule has 2 nitrogen and oxygen atoms in total. The molecule has 0 bridgehead atoms. The fourth-order valence-electron chi connectivity index (χ4n) is 1.43. The second-order valence-corrected chi connectivity index (χ2v) is 3.98. The Morgan fingerprint density at radius 1 is 1.22 bits per heavy atom. The maximum Gasteiger partial charge on any atom is 0.416 e. The van der Waals surface area contributed by atoms with E-state index in [2.05, 4.69) is 12.2 Å². The number of rotatable bonds is 7. The van der Waals surface area contributed by atoms with Crippen molar-refractivity contribution in [1.29, 1.82) is 0 Å². The number of unbranched alkanes of at least 4 members (excludes halogenated alkanes) is 1. The van der Waals surface area contributed by atoms with E-state index in [1.807, 2.05) is 0 Å². The van der Waals surface area contributed by atoms with E-state index in [1.54, 1.807) is 0 Å². The molecule has 0 saturated heterocycles. The number of halogens is 3. The predicted molar refractivity (Wildman–Crippen MR) is 64.7 cm³/mol. The SMILES string of the molecule is CCCCNCCOc1cccc(C(F)(F)F)c1. The van der Waals surface area contributed by atoms with Crippen molar-refractivity contribution >= 4 is 0 Å². The molecule has 0 unspecified atom stereocenters. The number of nitrogens with one attached hydrogen (secondary N) is 1. The summed E-state index contributed by atoms with van der Waals surface area (Å²) in [6.07, 6.45) is -2.12. The maximum absolute atomic E-state index is 12.4. The molecule has 0 aliphatic heterocycles. The highest BCUT2D eigenvalue weighted by molar-refractivity contribution is 5.30. The van der Waals surface area contributed by atoms with E-state index in [-0.39, 0.29) is 5.75 Å². The van der Waals surface area contributed by atoms with Gasteiger partial charge in [-0.2, -0.15) is 13.2 Å². The number of alkyl halides is 3. The molecule has 0 radical (unpaired) electrons. The van der Waals surface area contributed by atoms with E-state index >= 15 is 0 Å². The van der Waals surface area contributed by atoms with Crippen molar-refractivity contribution in [3.05, 3.63) is 29.8 Å². The highest BCUT2D eigenvalue weighted by Crippen LogP contribution is 2.31. The third-order valence-corrected chi connectivity index (χ3v) is 2.42. The summed E-state index contributed by atoms with van der Waals surface area (Å²) in [5.74, 6) is 0.252. The summed E-state index contributed by atoms with van der Waals surface area (Å²) >= 11 is 0. The van der Waals surface area contributed by atoms with E-state index in [4.69, 9.17) is 4.74 Å². The molecule has 0 aliphatic carbocycles. The zero-order valence-corrected chi connectivity index (χ0v) is 10.4. The first-order chi connectivity index (χ1) is 8.54. The summed E-state index contributed by atoms with van der Waals surface area (Å²) in [5.41, 5.74) is -0.682. The van der Waals surface area contributed by atoms with Gasteiger partial charge in [-0.15, -0.1) is 0 Å². The van der Waals surface area contributed by atoms with E-state index < -0.39 is 11.7 Å². The molecule has 1 aromatic carbocycles. The molecule has 0 aromatic heterocycles. The van der Waals surface area contributed by atoms with Gasteiger partial charge in [-0.1, -0.05) is 19.4 Å². The van der Waals surface area contributed by atoms with Gasteiger partial charge in [0.2, 0.25) is 0 Å². The Bertz CT molecular complexity index is 352. The summed E-state index contributed by atoms with van der Waals surface area (Å²) in [7, 11) is 0. The average molecular weight is 261 g/mol. The smallest absolute Gasteiger partial charge is 0.416 e. The molecule has 0 saturated carbocycles. The van der Waals surface area contributed by atoms with Crippen LogP contribution in [0, 0.1) is 0 Å². The van der Waals surface area contributed by atoms with Crippen molar-refractivity contribution in [1.82, 2.24) is 5.32 Å². The van der Waals surface area contributed by atoms with Crippen molar-refractivity contribution in [3.8, 4) is 5.75 Å². The Morgan fingerprint density at radius 2 is 2.00 bits per heavy atom. The summed E-state index contributed by atoms with van der Waals surface area (Å²) < 4.78 is 42.5. The lowest BCUT2D eigenvalue weighted by Crippen LogP contribution is -2.22. The monoisotopic (exact) mass is 261 g/mol. The van der Waals surface area contributed by atoms with Crippen LogP contribution >= 0.6 is 0 Å². The highest BCUT2D eigenvalue weighted by Gasteiger charge is 2.30. The van der Waals surface area contributed by atoms with E-state index in [0.29, 0.717) is 13.2 Å². The van der Waals surface area contributed by atoms with E-state index in [9.17, 15) is 13.2 Å². The van der Waals surface area contributed by atoms with Gasteiger partial charge in [-0.25, -0.2) is 0 Å². The number of ether oxygens (including phenoxy) is 1. The molecular formula is C13H18F3NO. The molecule has 0 atom stereocenters. The Hall–Kier alpha value is -1.23. The van der Waals surface area contributed by atoms with Gasteiger partial charge in [0.15, 0.2) is 0 Å². The number of benzene rings is 1. The Morgan fingerprint density at radius 3 is 2.67 bits per heavy atom. The van der Waals surface area contributed by atoms with Crippen LogP contribution in [0.1, 0.15) is 25.3 Å². The van der Waals surface area contributed by atoms with Gasteiger partial charge in [0.05, 0.1) is 5.56 Å². The lowest BCUT2D eigenvalue weighted by molar-refractivity contribution is -0.137. The van der Waals surface area contributed by atoms with Crippen molar-refractivity contribution in [2.24, 2.45) is 0 Å². The standard InChI is InChI=1S/C13H18F3NO/c1-2-3-7-17-8-9-18-12-6-4-5-11(10-12)13(14,15)16/h4-6,10,17H,2-3,7-9H2,1H3. The lowest BCUT2D eigenvalue weighted by Gasteiger charge is -2.10. The Kier molecular flexibility index (Phi) is 5.98. The normalized spacial score (nSPS) is 11.6. The summed E-state index contributed by atoms with van der Waals surface area (Å²) in [5, 5.41) is 3.15. The Balaban J connectivity index is 2.34. The third kappa shape index (κ3) is 5.40. The summed E-state index contributed by atoms with van der Waals surface area (Å²) in [6, 6.07) is 4.93. The summed E-state index contributed by atoms with van der Waals surface area (Å²) in [4.78, 5) is 0. The van der Waals surface area contributed by atoms with Crippen LogP contribution < -0.4 is 10.1 Å². The van der Waals surface area contributed by atoms with Gasteiger partial charge >= 0.3 is 6.18 Å². The van der Waals surface area contributed by atoms with Crippen LogP contribution in [0.15, 0.2) is 24.3 Å². The second-order valence-electron chi connectivity index (χ2n) is 3.98. The molecule has 0 heterocycles. The number of hydrogen-bond donors (Lipinski definition) is 1. The molecule has 102 valence electrons. The first kappa shape index (κ1) is 14.8. The number of hydrogen-bond acceptors (Lipinski definition) is 2. The van der Waals surface area contributed by atoms with Crippen molar-refractivity contribution < 1.29 is 17.9 Å². The van der Waals surface area contributed by atoms with Gasteiger partial charge in [0, 0.05) is 6.54 Å². The first-order valence-electron chi connectivity index (χ1n) is 6.05. The fourth-order valence-corrected chi connectivity index (χ4v) is 1.43. The van der Waals surface area contributed by atoms with Crippen LogP contribution in [0.2, 0.25) is 0 Å². The summed E-state index contributed by atoms with van der Waals surface area (Å²) in [6.45, 7) is 4.00. The van der Waals surface area contributed by atoms with E-state index in [0.717, 1.165) is 31.5 Å². The predicted octanol–water partition coefficient (Wildman–Crippen LogP) is 3.47. The molecule has 1 rings (SSSR count). The Labute approximate surface area is 105 Å². The molecule has 18 heavy (non-hydrogen) atoms. The maximum atomic E-state index is 12.4. The van der Waals surface area contributed by atoms with Crippen molar-refractivity contribution in [2.45, 2.75) is 25.9 Å². The third-order valence-electron chi connectivity index (χ3n) is 2.42. The highest BCUT2D eigenvalue weighted by atomic mass is 19.4. The van der Waals surface area contributed by atoms with Crippen LogP contribution in [-0.2, 0) is 6.18 Å².